The van der Waals surface area contributed by atoms with Crippen LogP contribution < -0.4 is 0 Å². The van der Waals surface area contributed by atoms with Crippen LogP contribution in [0.25, 0.3) is 0 Å². The van der Waals surface area contributed by atoms with Crippen LogP contribution in [0.5, 0.6) is 0 Å². The van der Waals surface area contributed by atoms with Gasteiger partial charge in [-0.25, -0.2) is 0 Å². The molecule has 0 aromatic heterocycles. The summed E-state index contributed by atoms with van der Waals surface area (Å²) in [5.74, 6) is 1.28. The summed E-state index contributed by atoms with van der Waals surface area (Å²) in [5.41, 5.74) is 1.70. The van der Waals surface area contributed by atoms with Gasteiger partial charge in [-0.1, -0.05) is 59.8 Å². The lowest BCUT2D eigenvalue weighted by Crippen LogP contribution is -2.48. The van der Waals surface area contributed by atoms with Crippen molar-refractivity contribution in [1.29, 1.82) is 0 Å². The van der Waals surface area contributed by atoms with Crippen molar-refractivity contribution < 1.29 is 18.8 Å². The van der Waals surface area contributed by atoms with Crippen LogP contribution in [0.1, 0.15) is 67.2 Å². The Hall–Kier alpha value is -1.20. The predicted molar refractivity (Wildman–Crippen MR) is 125 cm³/mol. The summed E-state index contributed by atoms with van der Waals surface area (Å²) in [6.45, 7) is 14.6. The van der Waals surface area contributed by atoms with E-state index in [9.17, 15) is 9.59 Å². The number of esters is 1. The second-order valence-corrected chi connectivity index (χ2v) is 15.5. The smallest absolute Gasteiger partial charge is 0.305 e. The third-order valence-electron chi connectivity index (χ3n) is 7.49. The van der Waals surface area contributed by atoms with Gasteiger partial charge < -0.3 is 9.16 Å². The number of fused-ring (bicyclic) bond motifs is 1. The zero-order valence-corrected chi connectivity index (χ0v) is 21.0. The number of ketones is 1. The summed E-state index contributed by atoms with van der Waals surface area (Å²) in [4.78, 5) is 23.9. The molecule has 1 fully saturated rings. The SMILES string of the molecule is COC(=O)CC/C=C/[C@@H]1C[C@@H]2C=CC(=O)[C@@H]2[C@H]1CCO[Si](C(C)C)(C(C)C)C(C)C. The monoisotopic (exact) mass is 434 g/mol. The number of hydrogen-bond donors (Lipinski definition) is 0. The Morgan fingerprint density at radius 2 is 1.80 bits per heavy atom. The molecule has 1 saturated carbocycles. The van der Waals surface area contributed by atoms with Gasteiger partial charge in [-0.15, -0.1) is 0 Å². The van der Waals surface area contributed by atoms with E-state index < -0.39 is 8.32 Å². The summed E-state index contributed by atoms with van der Waals surface area (Å²) in [6, 6.07) is 0. The molecule has 0 bridgehead atoms. The van der Waals surface area contributed by atoms with Crippen molar-refractivity contribution in [2.75, 3.05) is 13.7 Å². The van der Waals surface area contributed by atoms with Crippen molar-refractivity contribution in [3.63, 3.8) is 0 Å². The van der Waals surface area contributed by atoms with Crippen LogP contribution >= 0.6 is 0 Å². The summed E-state index contributed by atoms with van der Waals surface area (Å²) in [6.07, 6.45) is 11.3. The average Bonchev–Trinajstić information content (AvgIpc) is 3.20. The van der Waals surface area contributed by atoms with Crippen molar-refractivity contribution >= 4 is 20.1 Å². The quantitative estimate of drug-likeness (QED) is 0.224. The molecule has 0 heterocycles. The molecule has 0 amide bonds. The predicted octanol–water partition coefficient (Wildman–Crippen LogP) is 6.09. The Morgan fingerprint density at radius 3 is 2.37 bits per heavy atom. The highest BCUT2D eigenvalue weighted by Crippen LogP contribution is 2.49. The number of carbonyl (C=O) groups excluding carboxylic acids is 2. The Kier molecular flexibility index (Phi) is 9.10. The van der Waals surface area contributed by atoms with Crippen molar-refractivity contribution in [3.8, 4) is 0 Å². The van der Waals surface area contributed by atoms with E-state index in [0.717, 1.165) is 19.4 Å². The molecule has 0 saturated heterocycles. The van der Waals surface area contributed by atoms with Gasteiger partial charge in [0.2, 0.25) is 0 Å². The van der Waals surface area contributed by atoms with Gasteiger partial charge in [-0.2, -0.15) is 0 Å². The number of rotatable bonds is 11. The van der Waals surface area contributed by atoms with Crippen LogP contribution in [-0.4, -0.2) is 33.8 Å². The van der Waals surface area contributed by atoms with Gasteiger partial charge in [-0.05, 0) is 59.7 Å². The van der Waals surface area contributed by atoms with Crippen molar-refractivity contribution in [1.82, 2.24) is 0 Å². The minimum atomic E-state index is -1.89. The molecule has 170 valence electrons. The zero-order chi connectivity index (χ0) is 22.5. The lowest BCUT2D eigenvalue weighted by Gasteiger charge is -2.42. The van der Waals surface area contributed by atoms with Crippen LogP contribution in [0.2, 0.25) is 16.6 Å². The van der Waals surface area contributed by atoms with E-state index in [0.29, 0.717) is 47.2 Å². The van der Waals surface area contributed by atoms with Gasteiger partial charge in [0.05, 0.1) is 7.11 Å². The van der Waals surface area contributed by atoms with E-state index in [2.05, 4.69) is 59.8 Å². The molecule has 0 aromatic carbocycles. The first-order chi connectivity index (χ1) is 14.1. The summed E-state index contributed by atoms with van der Waals surface area (Å²) >= 11 is 0. The van der Waals surface area contributed by atoms with Crippen LogP contribution in [-0.2, 0) is 18.8 Å². The first kappa shape index (κ1) is 25.1. The maximum Gasteiger partial charge on any atom is 0.305 e. The highest BCUT2D eigenvalue weighted by atomic mass is 28.4. The third-order valence-corrected chi connectivity index (χ3v) is 13.6. The van der Waals surface area contributed by atoms with Crippen LogP contribution in [0.3, 0.4) is 0 Å². The molecular formula is C25H42O4Si. The number of allylic oxidation sites excluding steroid dienone is 4. The Morgan fingerprint density at radius 1 is 1.17 bits per heavy atom. The van der Waals surface area contributed by atoms with E-state index in [1.807, 2.05) is 0 Å². The van der Waals surface area contributed by atoms with Crippen LogP contribution in [0.4, 0.5) is 0 Å². The topological polar surface area (TPSA) is 52.6 Å². The summed E-state index contributed by atoms with van der Waals surface area (Å²) in [7, 11) is -0.466. The first-order valence-electron chi connectivity index (χ1n) is 11.7. The normalized spacial score (nSPS) is 26.5. The molecule has 0 aromatic rings. The molecule has 0 N–H and O–H groups in total. The fourth-order valence-electron chi connectivity index (χ4n) is 6.23. The molecule has 0 aliphatic heterocycles. The number of methoxy groups -OCH3 is 1. The van der Waals surface area contributed by atoms with Gasteiger partial charge in [0, 0.05) is 18.9 Å². The largest absolute Gasteiger partial charge is 0.469 e. The second-order valence-electron chi connectivity index (χ2n) is 10.0. The van der Waals surface area contributed by atoms with E-state index in [1.165, 1.54) is 7.11 Å². The van der Waals surface area contributed by atoms with E-state index in [1.54, 1.807) is 6.08 Å². The van der Waals surface area contributed by atoms with Gasteiger partial charge in [0.15, 0.2) is 14.1 Å². The minimum Gasteiger partial charge on any atom is -0.469 e. The maximum atomic E-state index is 12.6. The van der Waals surface area contributed by atoms with Gasteiger partial charge in [0.25, 0.3) is 0 Å². The molecule has 2 aliphatic carbocycles. The number of carbonyl (C=O) groups is 2. The Bertz CT molecular complexity index is 628. The number of ether oxygens (including phenoxy) is 1. The zero-order valence-electron chi connectivity index (χ0n) is 20.0. The van der Waals surface area contributed by atoms with Crippen molar-refractivity contribution in [2.24, 2.45) is 23.7 Å². The third kappa shape index (κ3) is 5.34. The van der Waals surface area contributed by atoms with E-state index in [-0.39, 0.29) is 17.7 Å². The average molecular weight is 435 g/mol. The Balaban J connectivity index is 2.06. The van der Waals surface area contributed by atoms with Gasteiger partial charge in [0.1, 0.15) is 0 Å². The van der Waals surface area contributed by atoms with Crippen molar-refractivity contribution in [3.05, 3.63) is 24.3 Å². The molecule has 2 aliphatic rings. The van der Waals surface area contributed by atoms with Crippen LogP contribution in [0, 0.1) is 23.7 Å². The molecule has 0 radical (unpaired) electrons. The summed E-state index contributed by atoms with van der Waals surface area (Å²) in [5, 5.41) is 0. The highest BCUT2D eigenvalue weighted by Gasteiger charge is 2.48. The molecule has 0 unspecified atom stereocenters. The fraction of sp³-hybridized carbons (Fsp3) is 0.760. The van der Waals surface area contributed by atoms with E-state index in [4.69, 9.17) is 9.16 Å². The maximum absolute atomic E-state index is 12.6. The minimum absolute atomic E-state index is 0.108. The summed E-state index contributed by atoms with van der Waals surface area (Å²) < 4.78 is 11.5. The number of hydrogen-bond acceptors (Lipinski definition) is 4. The Labute approximate surface area is 184 Å². The highest BCUT2D eigenvalue weighted by molar-refractivity contribution is 6.77. The lowest BCUT2D eigenvalue weighted by atomic mass is 9.84. The molecule has 0 spiro atoms. The van der Waals surface area contributed by atoms with E-state index >= 15 is 0 Å². The molecule has 30 heavy (non-hydrogen) atoms. The molecule has 4 nitrogen and oxygen atoms in total. The molecule has 2 rings (SSSR count). The standard InChI is InChI=1S/C25H42O4Si/c1-17(2)30(18(3)4,19(5)6)29-15-14-22-20(10-8-9-11-24(27)28-7)16-21-12-13-23(26)25(21)22/h8,10,12-13,17-22,25H,9,11,14-16H2,1-7H3/b10-8+/t20-,21+,22+,25+/m1/s1. The van der Waals surface area contributed by atoms with Gasteiger partial charge >= 0.3 is 5.97 Å². The fourth-order valence-corrected chi connectivity index (χ4v) is 11.7. The van der Waals surface area contributed by atoms with Crippen molar-refractivity contribution in [2.45, 2.75) is 83.8 Å². The van der Waals surface area contributed by atoms with Gasteiger partial charge in [-0.3, -0.25) is 9.59 Å². The molecule has 5 heteroatoms. The van der Waals surface area contributed by atoms with Crippen LogP contribution in [0.15, 0.2) is 24.3 Å². The molecular weight excluding hydrogens is 392 g/mol. The molecule has 4 atom stereocenters. The lowest BCUT2D eigenvalue weighted by molar-refractivity contribution is -0.140. The first-order valence-corrected chi connectivity index (χ1v) is 13.9. The second kappa shape index (κ2) is 10.9.